The molecule has 1 unspecified atom stereocenters. The van der Waals surface area contributed by atoms with E-state index in [9.17, 15) is 5.11 Å². The predicted octanol–water partition coefficient (Wildman–Crippen LogP) is 1.54. The molecule has 0 aromatic carbocycles. The zero-order chi connectivity index (χ0) is 9.31. The van der Waals surface area contributed by atoms with Crippen molar-refractivity contribution >= 4 is 0 Å². The van der Waals surface area contributed by atoms with Crippen molar-refractivity contribution in [3.8, 4) is 0 Å². The van der Waals surface area contributed by atoms with Crippen LogP contribution < -0.4 is 5.32 Å². The molecule has 2 fully saturated rings. The molecule has 2 aliphatic rings. The molecule has 1 aliphatic carbocycles. The number of nitrogens with one attached hydrogen (secondary N) is 1. The van der Waals surface area contributed by atoms with Gasteiger partial charge in [0.25, 0.3) is 0 Å². The molecule has 2 nitrogen and oxygen atoms in total. The minimum absolute atomic E-state index is 0.386. The molecule has 0 aromatic rings. The van der Waals surface area contributed by atoms with Crippen molar-refractivity contribution in [1.29, 1.82) is 0 Å². The molecule has 0 radical (unpaired) electrons. The van der Waals surface area contributed by atoms with Crippen molar-refractivity contribution in [2.75, 3.05) is 13.1 Å². The summed E-state index contributed by atoms with van der Waals surface area (Å²) in [7, 11) is 0. The van der Waals surface area contributed by atoms with Crippen LogP contribution in [-0.2, 0) is 0 Å². The first-order valence-electron chi connectivity index (χ1n) is 5.61. The fourth-order valence-corrected chi connectivity index (χ4v) is 2.52. The molecule has 13 heavy (non-hydrogen) atoms. The van der Waals surface area contributed by atoms with Crippen LogP contribution in [0.1, 0.15) is 39.0 Å². The molecule has 1 aliphatic heterocycles. The van der Waals surface area contributed by atoms with Crippen LogP contribution in [0, 0.1) is 11.8 Å². The van der Waals surface area contributed by atoms with Crippen LogP contribution in [-0.4, -0.2) is 23.8 Å². The van der Waals surface area contributed by atoms with E-state index in [1.165, 1.54) is 12.8 Å². The number of aliphatic hydroxyl groups is 1. The van der Waals surface area contributed by atoms with Gasteiger partial charge in [-0.3, -0.25) is 0 Å². The maximum absolute atomic E-state index is 10.3. The van der Waals surface area contributed by atoms with E-state index >= 15 is 0 Å². The largest absolute Gasteiger partial charge is 0.390 e. The highest BCUT2D eigenvalue weighted by molar-refractivity contribution is 4.90. The molecule has 0 aromatic heterocycles. The van der Waals surface area contributed by atoms with E-state index < -0.39 is 0 Å². The van der Waals surface area contributed by atoms with Gasteiger partial charge < -0.3 is 10.4 Å². The van der Waals surface area contributed by atoms with Crippen LogP contribution in [0.25, 0.3) is 0 Å². The van der Waals surface area contributed by atoms with Gasteiger partial charge in [-0.05, 0) is 51.1 Å². The highest BCUT2D eigenvalue weighted by Crippen LogP contribution is 2.41. The maximum atomic E-state index is 10.3. The Bertz CT molecular complexity index is 169. The molecule has 0 amide bonds. The lowest BCUT2D eigenvalue weighted by molar-refractivity contribution is -0.0252. The summed E-state index contributed by atoms with van der Waals surface area (Å²) in [6.07, 6.45) is 6.04. The van der Waals surface area contributed by atoms with Gasteiger partial charge in [-0.25, -0.2) is 0 Å². The Hall–Kier alpha value is -0.0800. The lowest BCUT2D eigenvalue weighted by Gasteiger charge is -2.36. The minimum atomic E-state index is -0.386. The molecule has 1 saturated carbocycles. The van der Waals surface area contributed by atoms with Gasteiger partial charge in [0.1, 0.15) is 0 Å². The fourth-order valence-electron chi connectivity index (χ4n) is 2.52. The fraction of sp³-hybridized carbons (Fsp3) is 1.00. The summed E-state index contributed by atoms with van der Waals surface area (Å²) in [6.45, 7) is 4.22. The zero-order valence-electron chi connectivity index (χ0n) is 8.55. The highest BCUT2D eigenvalue weighted by atomic mass is 16.3. The molecule has 0 spiro atoms. The average molecular weight is 183 g/mol. The average Bonchev–Trinajstić information content (AvgIpc) is 2.89. The third-order valence-corrected chi connectivity index (χ3v) is 3.62. The van der Waals surface area contributed by atoms with Gasteiger partial charge in [-0.1, -0.05) is 12.8 Å². The topological polar surface area (TPSA) is 32.3 Å². The summed E-state index contributed by atoms with van der Waals surface area (Å²) in [6, 6.07) is 0. The monoisotopic (exact) mass is 183 g/mol. The van der Waals surface area contributed by atoms with E-state index in [-0.39, 0.29) is 5.60 Å². The van der Waals surface area contributed by atoms with Gasteiger partial charge in [0, 0.05) is 0 Å². The molecule has 1 heterocycles. The number of hydrogen-bond acceptors (Lipinski definition) is 2. The van der Waals surface area contributed by atoms with Crippen LogP contribution in [0.2, 0.25) is 0 Å². The third kappa shape index (κ3) is 2.44. The second-order valence-corrected chi connectivity index (χ2v) is 5.03. The molecule has 1 saturated heterocycles. The second kappa shape index (κ2) is 3.58. The van der Waals surface area contributed by atoms with Crippen molar-refractivity contribution < 1.29 is 5.11 Å². The van der Waals surface area contributed by atoms with E-state index in [0.717, 1.165) is 38.3 Å². The summed E-state index contributed by atoms with van der Waals surface area (Å²) in [5.74, 6) is 1.37. The van der Waals surface area contributed by atoms with E-state index in [2.05, 4.69) is 5.32 Å². The number of rotatable bonds is 3. The van der Waals surface area contributed by atoms with Crippen LogP contribution >= 0.6 is 0 Å². The standard InChI is InChI=1S/C11H21NO/c1-11(13,8-9-2-3-9)10-4-6-12-7-5-10/h9-10,12-13H,2-8H2,1H3. The van der Waals surface area contributed by atoms with Crippen molar-refractivity contribution in [3.05, 3.63) is 0 Å². The summed E-state index contributed by atoms with van der Waals surface area (Å²) >= 11 is 0. The van der Waals surface area contributed by atoms with E-state index in [1.807, 2.05) is 6.92 Å². The maximum Gasteiger partial charge on any atom is 0.0651 e. The van der Waals surface area contributed by atoms with Gasteiger partial charge in [-0.2, -0.15) is 0 Å². The quantitative estimate of drug-likeness (QED) is 0.695. The lowest BCUT2D eigenvalue weighted by atomic mass is 9.79. The molecule has 1 atom stereocenters. The highest BCUT2D eigenvalue weighted by Gasteiger charge is 2.37. The zero-order valence-corrected chi connectivity index (χ0v) is 8.55. The van der Waals surface area contributed by atoms with Gasteiger partial charge in [-0.15, -0.1) is 0 Å². The van der Waals surface area contributed by atoms with Gasteiger partial charge in [0.05, 0.1) is 5.60 Å². The molecule has 76 valence electrons. The molecular formula is C11H21NO. The van der Waals surface area contributed by atoms with Crippen molar-refractivity contribution in [2.45, 2.75) is 44.6 Å². The smallest absolute Gasteiger partial charge is 0.0651 e. The van der Waals surface area contributed by atoms with E-state index in [1.54, 1.807) is 0 Å². The Morgan fingerprint density at radius 3 is 2.38 bits per heavy atom. The normalized spacial score (nSPS) is 30.0. The Morgan fingerprint density at radius 2 is 1.85 bits per heavy atom. The van der Waals surface area contributed by atoms with Crippen LogP contribution in [0.3, 0.4) is 0 Å². The Morgan fingerprint density at radius 1 is 1.23 bits per heavy atom. The van der Waals surface area contributed by atoms with E-state index in [4.69, 9.17) is 0 Å². The van der Waals surface area contributed by atoms with Gasteiger partial charge in [0.2, 0.25) is 0 Å². The SMILES string of the molecule is CC(O)(CC1CC1)C1CCNCC1. The van der Waals surface area contributed by atoms with Crippen molar-refractivity contribution in [1.82, 2.24) is 5.32 Å². The first kappa shape index (κ1) is 9.47. The first-order valence-corrected chi connectivity index (χ1v) is 5.61. The lowest BCUT2D eigenvalue weighted by Crippen LogP contribution is -2.42. The number of hydrogen-bond donors (Lipinski definition) is 2. The summed E-state index contributed by atoms with van der Waals surface area (Å²) in [4.78, 5) is 0. The van der Waals surface area contributed by atoms with Crippen LogP contribution in [0.4, 0.5) is 0 Å². The molecule has 2 rings (SSSR count). The van der Waals surface area contributed by atoms with Gasteiger partial charge in [0.15, 0.2) is 0 Å². The second-order valence-electron chi connectivity index (χ2n) is 5.03. The Balaban J connectivity index is 1.86. The molecule has 2 heteroatoms. The third-order valence-electron chi connectivity index (χ3n) is 3.62. The summed E-state index contributed by atoms with van der Waals surface area (Å²) in [5, 5.41) is 13.7. The first-order chi connectivity index (χ1) is 6.18. The predicted molar refractivity (Wildman–Crippen MR) is 53.6 cm³/mol. The molecule has 2 N–H and O–H groups in total. The summed E-state index contributed by atoms with van der Waals surface area (Å²) < 4.78 is 0. The van der Waals surface area contributed by atoms with Crippen LogP contribution in [0.15, 0.2) is 0 Å². The molecular weight excluding hydrogens is 162 g/mol. The Labute approximate surface area is 80.7 Å². The van der Waals surface area contributed by atoms with Crippen molar-refractivity contribution in [3.63, 3.8) is 0 Å². The van der Waals surface area contributed by atoms with E-state index in [0.29, 0.717) is 5.92 Å². The Kier molecular flexibility index (Phi) is 2.61. The summed E-state index contributed by atoms with van der Waals surface area (Å²) in [5.41, 5.74) is -0.386. The van der Waals surface area contributed by atoms with Crippen molar-refractivity contribution in [2.24, 2.45) is 11.8 Å². The molecule has 0 bridgehead atoms. The minimum Gasteiger partial charge on any atom is -0.390 e. The number of piperidine rings is 1. The van der Waals surface area contributed by atoms with Crippen LogP contribution in [0.5, 0.6) is 0 Å². The van der Waals surface area contributed by atoms with Gasteiger partial charge >= 0.3 is 0 Å².